The first kappa shape index (κ1) is 13.9. The average Bonchev–Trinajstić information content (AvgIpc) is 2.33. The van der Waals surface area contributed by atoms with E-state index in [9.17, 15) is 0 Å². The van der Waals surface area contributed by atoms with E-state index in [0.29, 0.717) is 5.41 Å². The van der Waals surface area contributed by atoms with Crippen molar-refractivity contribution < 1.29 is 0 Å². The molecule has 1 saturated carbocycles. The normalized spacial score (nSPS) is 18.8. The molecule has 0 unspecified atom stereocenters. The molecule has 0 heterocycles. The van der Waals surface area contributed by atoms with Gasteiger partial charge in [0, 0.05) is 18.1 Å². The van der Waals surface area contributed by atoms with Gasteiger partial charge < -0.3 is 5.32 Å². The van der Waals surface area contributed by atoms with Gasteiger partial charge in [-0.25, -0.2) is 0 Å². The van der Waals surface area contributed by atoms with Crippen molar-refractivity contribution in [1.82, 2.24) is 5.32 Å². The molecule has 1 fully saturated rings. The predicted molar refractivity (Wildman–Crippen MR) is 79.1 cm³/mol. The second-order valence-electron chi connectivity index (χ2n) is 6.05. The summed E-state index contributed by atoms with van der Waals surface area (Å²) in [5, 5.41) is 4.46. The third kappa shape index (κ3) is 3.73. The minimum absolute atomic E-state index is 0.512. The Labute approximate surface area is 116 Å². The molecule has 0 spiro atoms. The van der Waals surface area contributed by atoms with Crippen molar-refractivity contribution in [3.8, 4) is 0 Å². The lowest BCUT2D eigenvalue weighted by atomic mass is 9.76. The fourth-order valence-corrected chi connectivity index (χ4v) is 3.17. The van der Waals surface area contributed by atoms with Crippen molar-refractivity contribution in [2.45, 2.75) is 52.5 Å². The smallest absolute Gasteiger partial charge is 0.0408 e. The van der Waals surface area contributed by atoms with Crippen LogP contribution in [-0.2, 0) is 6.54 Å². The molecule has 1 aromatic rings. The maximum atomic E-state index is 5.97. The minimum Gasteiger partial charge on any atom is -0.312 e. The summed E-state index contributed by atoms with van der Waals surface area (Å²) in [6.07, 6.45) is 6.97. The van der Waals surface area contributed by atoms with E-state index in [1.165, 1.54) is 43.2 Å². The van der Waals surface area contributed by atoms with E-state index in [-0.39, 0.29) is 0 Å². The average molecular weight is 266 g/mol. The number of aryl methyl sites for hydroxylation is 1. The van der Waals surface area contributed by atoms with Gasteiger partial charge in [-0.15, -0.1) is 0 Å². The van der Waals surface area contributed by atoms with Crippen LogP contribution in [0, 0.1) is 12.3 Å². The van der Waals surface area contributed by atoms with Crippen molar-refractivity contribution in [3.63, 3.8) is 0 Å². The quantitative estimate of drug-likeness (QED) is 0.831. The maximum Gasteiger partial charge on any atom is 0.0408 e. The van der Waals surface area contributed by atoms with Crippen LogP contribution in [0.15, 0.2) is 18.2 Å². The van der Waals surface area contributed by atoms with Gasteiger partial charge in [0.05, 0.1) is 0 Å². The van der Waals surface area contributed by atoms with E-state index in [1.807, 2.05) is 12.1 Å². The highest BCUT2D eigenvalue weighted by molar-refractivity contribution is 6.30. The molecule has 0 aliphatic heterocycles. The molecule has 2 heteroatoms. The number of hydrogen-bond acceptors (Lipinski definition) is 1. The van der Waals surface area contributed by atoms with Crippen LogP contribution in [0.4, 0.5) is 0 Å². The Morgan fingerprint density at radius 3 is 2.61 bits per heavy atom. The lowest BCUT2D eigenvalue weighted by Crippen LogP contribution is -2.33. The van der Waals surface area contributed by atoms with Crippen molar-refractivity contribution in [1.29, 1.82) is 0 Å². The second-order valence-corrected chi connectivity index (χ2v) is 6.48. The first-order chi connectivity index (χ1) is 8.59. The van der Waals surface area contributed by atoms with E-state index in [0.717, 1.165) is 18.1 Å². The molecule has 1 nitrogen and oxygen atoms in total. The molecule has 1 aliphatic rings. The fraction of sp³-hybridized carbons (Fsp3) is 0.625. The van der Waals surface area contributed by atoms with Crippen LogP contribution < -0.4 is 5.32 Å². The molecule has 0 amide bonds. The second kappa shape index (κ2) is 6.08. The fourth-order valence-electron chi connectivity index (χ4n) is 2.94. The molecule has 18 heavy (non-hydrogen) atoms. The van der Waals surface area contributed by atoms with Crippen LogP contribution >= 0.6 is 11.6 Å². The van der Waals surface area contributed by atoms with Gasteiger partial charge in [0.15, 0.2) is 0 Å². The van der Waals surface area contributed by atoms with E-state index >= 15 is 0 Å². The number of rotatable bonds is 4. The first-order valence-corrected chi connectivity index (χ1v) is 7.43. The first-order valence-electron chi connectivity index (χ1n) is 7.05. The Balaban J connectivity index is 1.84. The summed E-state index contributed by atoms with van der Waals surface area (Å²) in [6, 6.07) is 6.16. The third-order valence-corrected chi connectivity index (χ3v) is 4.47. The predicted octanol–water partition coefficient (Wildman–Crippen LogP) is 4.71. The van der Waals surface area contributed by atoms with E-state index in [1.54, 1.807) is 0 Å². The molecular weight excluding hydrogens is 242 g/mol. The van der Waals surface area contributed by atoms with E-state index < -0.39 is 0 Å². The lowest BCUT2D eigenvalue weighted by molar-refractivity contribution is 0.207. The lowest BCUT2D eigenvalue weighted by Gasteiger charge is -2.33. The van der Waals surface area contributed by atoms with Crippen LogP contribution in [0.2, 0.25) is 5.02 Å². The summed E-state index contributed by atoms with van der Waals surface area (Å²) >= 11 is 5.97. The molecule has 0 saturated heterocycles. The summed E-state index contributed by atoms with van der Waals surface area (Å²) in [5.41, 5.74) is 3.15. The van der Waals surface area contributed by atoms with Crippen molar-refractivity contribution in [2.24, 2.45) is 5.41 Å². The zero-order valence-electron chi connectivity index (χ0n) is 11.6. The summed E-state index contributed by atoms with van der Waals surface area (Å²) in [7, 11) is 0. The molecule has 1 aromatic carbocycles. The maximum absolute atomic E-state index is 5.97. The summed E-state index contributed by atoms with van der Waals surface area (Å²) in [6.45, 7) is 6.65. The van der Waals surface area contributed by atoms with Crippen molar-refractivity contribution in [3.05, 3.63) is 34.3 Å². The zero-order valence-corrected chi connectivity index (χ0v) is 12.3. The highest BCUT2D eigenvalue weighted by Gasteiger charge is 2.25. The summed E-state index contributed by atoms with van der Waals surface area (Å²) in [4.78, 5) is 0. The zero-order chi connectivity index (χ0) is 13.0. The molecular formula is C16H24ClN. The van der Waals surface area contributed by atoms with Gasteiger partial charge >= 0.3 is 0 Å². The van der Waals surface area contributed by atoms with Crippen LogP contribution in [0.3, 0.4) is 0 Å². The molecule has 1 N–H and O–H groups in total. The summed E-state index contributed by atoms with van der Waals surface area (Å²) < 4.78 is 0. The molecule has 100 valence electrons. The number of hydrogen-bond donors (Lipinski definition) is 1. The number of benzene rings is 1. The molecule has 0 radical (unpaired) electrons. The van der Waals surface area contributed by atoms with Gasteiger partial charge in [0.1, 0.15) is 0 Å². The van der Waals surface area contributed by atoms with Gasteiger partial charge in [-0.2, -0.15) is 0 Å². The molecule has 0 bridgehead atoms. The van der Waals surface area contributed by atoms with Crippen LogP contribution in [0.1, 0.15) is 50.2 Å². The molecule has 1 aliphatic carbocycles. The Hall–Kier alpha value is -0.530. The Bertz CT molecular complexity index is 394. The minimum atomic E-state index is 0.512. The SMILES string of the molecule is Cc1cc(Cl)ccc1CNCC1(C)CCCCC1. The van der Waals surface area contributed by atoms with Crippen molar-refractivity contribution >= 4 is 11.6 Å². The Kier molecular flexibility index (Phi) is 4.69. The topological polar surface area (TPSA) is 12.0 Å². The number of halogens is 1. The van der Waals surface area contributed by atoms with Gasteiger partial charge in [-0.1, -0.05) is 43.9 Å². The molecule has 0 aromatic heterocycles. The molecule has 2 rings (SSSR count). The Morgan fingerprint density at radius 1 is 1.22 bits per heavy atom. The van der Waals surface area contributed by atoms with Gasteiger partial charge in [0.2, 0.25) is 0 Å². The van der Waals surface area contributed by atoms with Crippen molar-refractivity contribution in [2.75, 3.05) is 6.54 Å². The highest BCUT2D eigenvalue weighted by Crippen LogP contribution is 2.35. The highest BCUT2D eigenvalue weighted by atomic mass is 35.5. The van der Waals surface area contributed by atoms with Crippen LogP contribution in [-0.4, -0.2) is 6.54 Å². The third-order valence-electron chi connectivity index (χ3n) is 4.23. The number of nitrogens with one attached hydrogen (secondary N) is 1. The summed E-state index contributed by atoms with van der Waals surface area (Å²) in [5.74, 6) is 0. The largest absolute Gasteiger partial charge is 0.312 e. The monoisotopic (exact) mass is 265 g/mol. The van der Waals surface area contributed by atoms with E-state index in [4.69, 9.17) is 11.6 Å². The van der Waals surface area contributed by atoms with E-state index in [2.05, 4.69) is 25.2 Å². The standard InChI is InChI=1S/C16H24ClN/c1-13-10-15(17)7-6-14(13)11-18-12-16(2)8-4-3-5-9-16/h6-7,10,18H,3-5,8-9,11-12H2,1-2H3. The Morgan fingerprint density at radius 2 is 1.94 bits per heavy atom. The van der Waals surface area contributed by atoms with Gasteiger partial charge in [-0.05, 0) is 48.4 Å². The van der Waals surface area contributed by atoms with Gasteiger partial charge in [-0.3, -0.25) is 0 Å². The van der Waals surface area contributed by atoms with Crippen LogP contribution in [0.5, 0.6) is 0 Å². The van der Waals surface area contributed by atoms with Gasteiger partial charge in [0.25, 0.3) is 0 Å². The molecule has 0 atom stereocenters. The van der Waals surface area contributed by atoms with Crippen LogP contribution in [0.25, 0.3) is 0 Å².